The van der Waals surface area contributed by atoms with E-state index in [2.05, 4.69) is 4.72 Å². The first-order valence-corrected chi connectivity index (χ1v) is 10.2. The predicted molar refractivity (Wildman–Crippen MR) is 99.7 cm³/mol. The molecule has 1 fully saturated rings. The maximum absolute atomic E-state index is 13.7. The number of hydrogen-bond acceptors (Lipinski definition) is 3. The number of aryl methyl sites for hydroxylation is 2. The smallest absolute Gasteiger partial charge is 0.271 e. The minimum absolute atomic E-state index is 0.438. The number of hydrogen-bond donors (Lipinski definition) is 1. The summed E-state index contributed by atoms with van der Waals surface area (Å²) in [4.78, 5) is 13.7. The molecule has 136 valence electrons. The lowest BCUT2D eigenvalue weighted by molar-refractivity contribution is -0.132. The van der Waals surface area contributed by atoms with Crippen LogP contribution < -0.4 is 4.72 Å². The van der Waals surface area contributed by atoms with Gasteiger partial charge in [-0.05, 0) is 55.9 Å². The van der Waals surface area contributed by atoms with E-state index in [0.717, 1.165) is 39.4 Å². The fourth-order valence-electron chi connectivity index (χ4n) is 4.17. The standard InChI is InChI=1S/C20H22N2O3S/c1-19(2,3)22-18(23)20(21-26(22,24)25)16-10-6-4-8-14(16)12-13-15-9-5-7-11-17(15)20/h4-11,21H,12-13H2,1-3H3. The molecule has 6 heteroatoms. The number of nitrogens with zero attached hydrogens (tertiary/aromatic N) is 1. The molecule has 0 bridgehead atoms. The van der Waals surface area contributed by atoms with Crippen molar-refractivity contribution in [3.8, 4) is 0 Å². The van der Waals surface area contributed by atoms with E-state index in [1.807, 2.05) is 48.5 Å². The van der Waals surface area contributed by atoms with Crippen molar-refractivity contribution in [1.29, 1.82) is 0 Å². The third kappa shape index (κ3) is 2.25. The van der Waals surface area contributed by atoms with Crippen LogP contribution in [0, 0.1) is 0 Å². The minimum Gasteiger partial charge on any atom is -0.271 e. The average molecular weight is 370 g/mol. The lowest BCUT2D eigenvalue weighted by atomic mass is 9.80. The molecular weight excluding hydrogens is 348 g/mol. The van der Waals surface area contributed by atoms with Crippen LogP contribution in [-0.2, 0) is 33.4 Å². The summed E-state index contributed by atoms with van der Waals surface area (Å²) in [5.41, 5.74) is 1.18. The van der Waals surface area contributed by atoms with Gasteiger partial charge in [-0.2, -0.15) is 13.1 Å². The molecule has 1 amide bonds. The minimum atomic E-state index is -3.97. The molecule has 2 aromatic rings. The number of fused-ring (bicyclic) bond motifs is 4. The molecule has 1 spiro atoms. The first kappa shape index (κ1) is 17.2. The summed E-state index contributed by atoms with van der Waals surface area (Å²) in [6.45, 7) is 5.20. The van der Waals surface area contributed by atoms with Crippen LogP contribution in [0.2, 0.25) is 0 Å². The third-order valence-corrected chi connectivity index (χ3v) is 6.90. The van der Waals surface area contributed by atoms with E-state index in [1.165, 1.54) is 0 Å². The van der Waals surface area contributed by atoms with Crippen LogP contribution >= 0.6 is 0 Å². The van der Waals surface area contributed by atoms with Gasteiger partial charge in [0.1, 0.15) is 0 Å². The Bertz CT molecular complexity index is 958. The zero-order chi connectivity index (χ0) is 18.7. The van der Waals surface area contributed by atoms with E-state index >= 15 is 0 Å². The van der Waals surface area contributed by atoms with E-state index in [9.17, 15) is 13.2 Å². The van der Waals surface area contributed by atoms with Gasteiger partial charge in [0.2, 0.25) is 0 Å². The number of benzene rings is 2. The van der Waals surface area contributed by atoms with Crippen molar-refractivity contribution in [1.82, 2.24) is 9.03 Å². The fourth-order valence-corrected chi connectivity index (χ4v) is 6.03. The molecule has 0 aromatic heterocycles. The van der Waals surface area contributed by atoms with Crippen LogP contribution in [0.3, 0.4) is 0 Å². The molecular formula is C20H22N2O3S. The zero-order valence-corrected chi connectivity index (χ0v) is 15.9. The fraction of sp³-hybridized carbons (Fsp3) is 0.350. The Morgan fingerprint density at radius 1 is 0.923 bits per heavy atom. The topological polar surface area (TPSA) is 66.5 Å². The highest BCUT2D eigenvalue weighted by molar-refractivity contribution is 7.88. The second-order valence-electron chi connectivity index (χ2n) is 7.91. The van der Waals surface area contributed by atoms with Crippen LogP contribution in [0.25, 0.3) is 0 Å². The lowest BCUT2D eigenvalue weighted by Gasteiger charge is -2.32. The largest absolute Gasteiger partial charge is 0.305 e. The summed E-state index contributed by atoms with van der Waals surface area (Å²) in [5, 5.41) is 0. The van der Waals surface area contributed by atoms with Gasteiger partial charge < -0.3 is 0 Å². The zero-order valence-electron chi connectivity index (χ0n) is 15.1. The van der Waals surface area contributed by atoms with Crippen molar-refractivity contribution in [3.63, 3.8) is 0 Å². The highest BCUT2D eigenvalue weighted by Crippen LogP contribution is 2.45. The van der Waals surface area contributed by atoms with E-state index in [1.54, 1.807) is 20.8 Å². The molecule has 4 rings (SSSR count). The Labute approximate surface area is 154 Å². The Morgan fingerprint density at radius 3 is 1.81 bits per heavy atom. The monoisotopic (exact) mass is 370 g/mol. The van der Waals surface area contributed by atoms with Gasteiger partial charge in [-0.15, -0.1) is 0 Å². The van der Waals surface area contributed by atoms with Crippen molar-refractivity contribution in [3.05, 3.63) is 70.8 Å². The van der Waals surface area contributed by atoms with Crippen LogP contribution in [0.5, 0.6) is 0 Å². The van der Waals surface area contributed by atoms with E-state index in [-0.39, 0.29) is 0 Å². The first-order chi connectivity index (χ1) is 12.2. The number of amides is 1. The molecule has 0 unspecified atom stereocenters. The quantitative estimate of drug-likeness (QED) is 0.775. The van der Waals surface area contributed by atoms with Crippen molar-refractivity contribution < 1.29 is 13.2 Å². The molecule has 1 saturated heterocycles. The highest BCUT2D eigenvalue weighted by atomic mass is 32.2. The SMILES string of the molecule is CC(C)(C)N1C(=O)C2(NS1(=O)=O)c1ccccc1CCc1ccccc12. The molecule has 5 nitrogen and oxygen atoms in total. The molecule has 0 atom stereocenters. The maximum atomic E-state index is 13.7. The van der Waals surface area contributed by atoms with Crippen molar-refractivity contribution >= 4 is 16.1 Å². The number of nitrogens with one attached hydrogen (secondary N) is 1. The van der Waals surface area contributed by atoms with E-state index < -0.39 is 27.2 Å². The Kier molecular flexibility index (Phi) is 3.59. The molecule has 1 N–H and O–H groups in total. The van der Waals surface area contributed by atoms with Crippen LogP contribution in [0.1, 0.15) is 43.0 Å². The van der Waals surface area contributed by atoms with Gasteiger partial charge in [0.25, 0.3) is 5.91 Å². The van der Waals surface area contributed by atoms with Gasteiger partial charge in [0.05, 0.1) is 5.54 Å². The summed E-state index contributed by atoms with van der Waals surface area (Å²) >= 11 is 0. The summed E-state index contributed by atoms with van der Waals surface area (Å²) in [5.74, 6) is -0.438. The highest BCUT2D eigenvalue weighted by Gasteiger charge is 2.61. The normalized spacial score (nSPS) is 20.6. The average Bonchev–Trinajstić information content (AvgIpc) is 2.70. The van der Waals surface area contributed by atoms with E-state index in [4.69, 9.17) is 0 Å². The van der Waals surface area contributed by atoms with Crippen LogP contribution in [-0.4, -0.2) is 24.2 Å². The molecule has 1 heterocycles. The second kappa shape index (κ2) is 5.41. The van der Waals surface area contributed by atoms with Crippen molar-refractivity contribution in [2.24, 2.45) is 0 Å². The molecule has 0 radical (unpaired) electrons. The van der Waals surface area contributed by atoms with Gasteiger partial charge in [0.15, 0.2) is 5.54 Å². The van der Waals surface area contributed by atoms with E-state index in [0.29, 0.717) is 0 Å². The lowest BCUT2D eigenvalue weighted by Crippen LogP contribution is -2.49. The predicted octanol–water partition coefficient (Wildman–Crippen LogP) is 2.50. The Morgan fingerprint density at radius 2 is 1.38 bits per heavy atom. The molecule has 1 aliphatic carbocycles. The van der Waals surface area contributed by atoms with Crippen molar-refractivity contribution in [2.45, 2.75) is 44.7 Å². The first-order valence-electron chi connectivity index (χ1n) is 8.73. The number of carbonyl (C=O) groups excluding carboxylic acids is 1. The van der Waals surface area contributed by atoms with Gasteiger partial charge in [-0.25, -0.2) is 4.31 Å². The molecule has 1 aliphatic heterocycles. The molecule has 0 saturated carbocycles. The van der Waals surface area contributed by atoms with Crippen LogP contribution in [0.4, 0.5) is 0 Å². The molecule has 26 heavy (non-hydrogen) atoms. The summed E-state index contributed by atoms with van der Waals surface area (Å²) in [7, 11) is -3.97. The number of carbonyl (C=O) groups is 1. The summed E-state index contributed by atoms with van der Waals surface area (Å²) in [6, 6.07) is 15.3. The molecule has 2 aromatic carbocycles. The van der Waals surface area contributed by atoms with Gasteiger partial charge in [-0.1, -0.05) is 48.5 Å². The summed E-state index contributed by atoms with van der Waals surface area (Å²) in [6.07, 6.45) is 1.53. The Balaban J connectivity index is 2.09. The molecule has 2 aliphatic rings. The van der Waals surface area contributed by atoms with Gasteiger partial charge >= 0.3 is 10.2 Å². The third-order valence-electron chi connectivity index (χ3n) is 5.14. The second-order valence-corrected chi connectivity index (χ2v) is 9.43. The maximum Gasteiger partial charge on any atom is 0.305 e. The van der Waals surface area contributed by atoms with Crippen LogP contribution in [0.15, 0.2) is 48.5 Å². The Hall–Kier alpha value is -2.18. The van der Waals surface area contributed by atoms with Gasteiger partial charge in [0, 0.05) is 0 Å². The van der Waals surface area contributed by atoms with Gasteiger partial charge in [-0.3, -0.25) is 4.79 Å². The number of rotatable bonds is 0. The summed E-state index contributed by atoms with van der Waals surface area (Å²) < 4.78 is 29.8. The van der Waals surface area contributed by atoms with Crippen molar-refractivity contribution in [2.75, 3.05) is 0 Å².